The third kappa shape index (κ3) is 9.97. The molecule has 6 heteroatoms. The van der Waals surface area contributed by atoms with Crippen LogP contribution in [0.15, 0.2) is 71.3 Å². The third-order valence-corrected chi connectivity index (χ3v) is 3.30. The van der Waals surface area contributed by atoms with Crippen LogP contribution in [0.2, 0.25) is 0 Å². The second-order valence-corrected chi connectivity index (χ2v) is 5.60. The van der Waals surface area contributed by atoms with Crippen LogP contribution in [0.4, 0.5) is 0 Å². The van der Waals surface area contributed by atoms with Gasteiger partial charge in [-0.3, -0.25) is 0 Å². The first-order valence-electron chi connectivity index (χ1n) is 7.99. The van der Waals surface area contributed by atoms with Crippen LogP contribution in [-0.4, -0.2) is 34.4 Å². The van der Waals surface area contributed by atoms with Gasteiger partial charge in [-0.2, -0.15) is 0 Å². The summed E-state index contributed by atoms with van der Waals surface area (Å²) in [4.78, 5) is 21.6. The van der Waals surface area contributed by atoms with Gasteiger partial charge in [0.05, 0.1) is 12.7 Å². The molecule has 0 aromatic heterocycles. The largest absolute Gasteiger partial charge is 0.508 e. The summed E-state index contributed by atoms with van der Waals surface area (Å²) in [5, 5.41) is 28.3. The van der Waals surface area contributed by atoms with Crippen molar-refractivity contribution in [1.29, 1.82) is 0 Å². The molecule has 6 nitrogen and oxygen atoms in total. The predicted molar refractivity (Wildman–Crippen MR) is 101 cm³/mol. The average molecular weight is 362 g/mol. The smallest absolute Gasteiger partial charge is 0.337 e. The number of hydrogen-bond acceptors (Lipinski definition) is 5. The van der Waals surface area contributed by atoms with Crippen molar-refractivity contribution >= 4 is 11.9 Å². The quantitative estimate of drug-likeness (QED) is 0.246. The molecule has 0 fully saturated rings. The summed E-state index contributed by atoms with van der Waals surface area (Å²) < 4.78 is 4.50. The fourth-order valence-corrected chi connectivity index (χ4v) is 1.83. The Morgan fingerprint density at radius 1 is 1.04 bits per heavy atom. The first-order chi connectivity index (χ1) is 12.2. The summed E-state index contributed by atoms with van der Waals surface area (Å²) in [6.07, 6.45) is 13.2. The van der Waals surface area contributed by atoms with Crippen LogP contribution in [0.3, 0.4) is 0 Å². The lowest BCUT2D eigenvalue weighted by molar-refractivity contribution is -0.136. The molecule has 0 spiro atoms. The molecule has 0 aliphatic heterocycles. The first-order valence-corrected chi connectivity index (χ1v) is 7.99. The van der Waals surface area contributed by atoms with E-state index < -0.39 is 11.9 Å². The van der Waals surface area contributed by atoms with E-state index in [4.69, 9.17) is 5.11 Å². The van der Waals surface area contributed by atoms with Crippen LogP contribution in [0.5, 0.6) is 0 Å². The highest BCUT2D eigenvalue weighted by Crippen LogP contribution is 2.15. The van der Waals surface area contributed by atoms with Crippen molar-refractivity contribution in [3.8, 4) is 0 Å². The molecular weight excluding hydrogens is 336 g/mol. The molecule has 0 aromatic carbocycles. The van der Waals surface area contributed by atoms with Crippen LogP contribution in [0, 0.1) is 5.92 Å². The summed E-state index contributed by atoms with van der Waals surface area (Å²) in [6.45, 7) is 5.06. The topological polar surface area (TPSA) is 104 Å². The van der Waals surface area contributed by atoms with Gasteiger partial charge in [0, 0.05) is 12.2 Å². The fourth-order valence-electron chi connectivity index (χ4n) is 1.83. The lowest BCUT2D eigenvalue weighted by Gasteiger charge is -2.06. The van der Waals surface area contributed by atoms with Gasteiger partial charge in [0.15, 0.2) is 0 Å². The van der Waals surface area contributed by atoms with Crippen LogP contribution < -0.4 is 0 Å². The number of carboxylic acids is 1. The van der Waals surface area contributed by atoms with E-state index in [2.05, 4.69) is 4.74 Å². The van der Waals surface area contributed by atoms with E-state index in [9.17, 15) is 19.8 Å². The molecule has 0 aliphatic carbocycles. The minimum Gasteiger partial charge on any atom is -0.508 e. The zero-order valence-electron chi connectivity index (χ0n) is 15.5. The minimum atomic E-state index is -0.997. The number of carbonyl (C=O) groups excluding carboxylic acids is 1. The van der Waals surface area contributed by atoms with E-state index in [1.165, 1.54) is 20.1 Å². The van der Waals surface area contributed by atoms with Crippen molar-refractivity contribution in [3.63, 3.8) is 0 Å². The fraction of sp³-hybridized carbons (Fsp3) is 0.300. The third-order valence-electron chi connectivity index (χ3n) is 3.30. The van der Waals surface area contributed by atoms with Crippen molar-refractivity contribution < 1.29 is 29.6 Å². The summed E-state index contributed by atoms with van der Waals surface area (Å²) in [5.41, 5.74) is 0.571. The lowest BCUT2D eigenvalue weighted by atomic mass is 10.0. The van der Waals surface area contributed by atoms with Gasteiger partial charge in [0.25, 0.3) is 0 Å². The molecule has 0 radical (unpaired) electrons. The molecule has 1 atom stereocenters. The lowest BCUT2D eigenvalue weighted by Crippen LogP contribution is -2.04. The predicted octanol–water partition coefficient (Wildman–Crippen LogP) is 4.16. The Bertz CT molecular complexity index is 674. The van der Waals surface area contributed by atoms with Crippen LogP contribution in [0.1, 0.15) is 27.2 Å². The highest BCUT2D eigenvalue weighted by molar-refractivity contribution is 5.88. The van der Waals surface area contributed by atoms with E-state index in [-0.39, 0.29) is 23.0 Å². The first kappa shape index (κ1) is 23.0. The minimum absolute atomic E-state index is 0.00608. The van der Waals surface area contributed by atoms with E-state index in [0.717, 1.165) is 12.2 Å². The number of ether oxygens (including phenoxy) is 1. The highest BCUT2D eigenvalue weighted by atomic mass is 16.5. The molecule has 0 saturated heterocycles. The average Bonchev–Trinajstić information content (AvgIpc) is 2.58. The van der Waals surface area contributed by atoms with E-state index in [1.807, 2.05) is 19.1 Å². The zero-order chi connectivity index (χ0) is 20.1. The molecule has 3 N–H and O–H groups in total. The number of carbonyl (C=O) groups is 2. The molecule has 0 amide bonds. The monoisotopic (exact) mass is 362 g/mol. The van der Waals surface area contributed by atoms with E-state index in [1.54, 1.807) is 25.2 Å². The van der Waals surface area contributed by atoms with Crippen molar-refractivity contribution in [2.75, 3.05) is 7.11 Å². The van der Waals surface area contributed by atoms with Crippen molar-refractivity contribution in [1.82, 2.24) is 0 Å². The highest BCUT2D eigenvalue weighted by Gasteiger charge is 2.10. The van der Waals surface area contributed by atoms with Gasteiger partial charge in [-0.05, 0) is 31.8 Å². The summed E-state index contributed by atoms with van der Waals surface area (Å²) >= 11 is 0. The molecule has 0 heterocycles. The molecule has 26 heavy (non-hydrogen) atoms. The van der Waals surface area contributed by atoms with Crippen LogP contribution in [-0.2, 0) is 14.3 Å². The number of methoxy groups -OCH3 is 1. The Morgan fingerprint density at radius 3 is 2.23 bits per heavy atom. The zero-order valence-corrected chi connectivity index (χ0v) is 15.5. The second-order valence-electron chi connectivity index (χ2n) is 5.60. The van der Waals surface area contributed by atoms with Crippen LogP contribution in [0.25, 0.3) is 0 Å². The van der Waals surface area contributed by atoms with Gasteiger partial charge in [-0.1, -0.05) is 43.4 Å². The molecule has 0 aromatic rings. The maximum Gasteiger partial charge on any atom is 0.337 e. The van der Waals surface area contributed by atoms with Gasteiger partial charge in [0.1, 0.15) is 11.5 Å². The molecular formula is C20H26O6. The van der Waals surface area contributed by atoms with Crippen molar-refractivity contribution in [3.05, 3.63) is 71.3 Å². The standard InChI is InChI=1S/C20H26O6/c1-14(10-8-6-5-7-9-11-19(23)24)12-15(2)17(21)13-18(22)16(3)20(25)26-4/h5-9,11-14,21-22H,10H2,1-4H3,(H,23,24)/b7-5+,8-6+,11-9+,15-12+,17-13-,18-16+. The van der Waals surface area contributed by atoms with Crippen molar-refractivity contribution in [2.24, 2.45) is 5.92 Å². The number of aliphatic hydroxyl groups is 2. The number of carboxylic acid groups (broad SMARTS) is 1. The Kier molecular flexibility index (Phi) is 10.9. The number of aliphatic carboxylic acids is 1. The van der Waals surface area contributed by atoms with Gasteiger partial charge in [-0.15, -0.1) is 0 Å². The normalized spacial score (nSPS) is 15.5. The SMILES string of the molecule is COC(=O)\C(C)=C(O)/C=C(O)/C(C)=C/C(C)C/C=C/C=C/C=C/C(=O)O. The van der Waals surface area contributed by atoms with E-state index >= 15 is 0 Å². The number of rotatable bonds is 9. The maximum absolute atomic E-state index is 11.3. The molecule has 0 saturated carbocycles. The Balaban J connectivity index is 4.80. The summed E-state index contributed by atoms with van der Waals surface area (Å²) in [7, 11) is 1.21. The van der Waals surface area contributed by atoms with Gasteiger partial charge in [0.2, 0.25) is 0 Å². The Morgan fingerprint density at radius 2 is 1.65 bits per heavy atom. The number of hydrogen-bond donors (Lipinski definition) is 3. The number of aliphatic hydroxyl groups excluding tert-OH is 2. The Hall–Kier alpha value is -3.02. The van der Waals surface area contributed by atoms with Gasteiger partial charge < -0.3 is 20.1 Å². The summed E-state index contributed by atoms with van der Waals surface area (Å²) in [6, 6.07) is 0. The molecule has 0 bridgehead atoms. The molecule has 0 rings (SSSR count). The molecule has 0 aliphatic rings. The maximum atomic E-state index is 11.3. The van der Waals surface area contributed by atoms with E-state index in [0.29, 0.717) is 12.0 Å². The van der Waals surface area contributed by atoms with Gasteiger partial charge >= 0.3 is 11.9 Å². The molecule has 142 valence electrons. The van der Waals surface area contributed by atoms with Crippen LogP contribution >= 0.6 is 0 Å². The number of esters is 1. The van der Waals surface area contributed by atoms with Gasteiger partial charge in [-0.25, -0.2) is 9.59 Å². The Labute approximate surface area is 153 Å². The summed E-state index contributed by atoms with van der Waals surface area (Å²) in [5.74, 6) is -2.03. The number of allylic oxidation sites excluding steroid dienone is 8. The molecule has 1 unspecified atom stereocenters. The second kappa shape index (κ2) is 12.4. The van der Waals surface area contributed by atoms with Crippen molar-refractivity contribution in [2.45, 2.75) is 27.2 Å².